The highest BCUT2D eigenvalue weighted by molar-refractivity contribution is 6.17. The Morgan fingerprint density at radius 3 is 1.31 bits per heavy atom. The van der Waals surface area contributed by atoms with E-state index in [4.69, 9.17) is 0 Å². The highest BCUT2D eigenvalue weighted by Crippen LogP contribution is 2.53. The number of hydrogen-bond acceptors (Lipinski definition) is 1. The van der Waals surface area contributed by atoms with Gasteiger partial charge in [-0.05, 0) is 223 Å². The SMILES string of the molecule is CC1(C)c2cc(-c3cc(-c4ccccc4)cc(-c4ccc(-c5cccc6ccccc56)c5c(-c6cccc7ccccc67)cccc45)c3)ccc2-c2ccc(N(c3ccc(-c4ccccc4)cc3)c3ccc(-c4ccc5c(c4)c4ccccc4n5-c4ccccc4)cc3)cc21. The van der Waals surface area contributed by atoms with Crippen LogP contribution in [0.5, 0.6) is 0 Å². The van der Waals surface area contributed by atoms with Crippen molar-refractivity contribution < 1.29 is 0 Å². The van der Waals surface area contributed by atoms with E-state index in [9.17, 15) is 0 Å². The normalized spacial score (nSPS) is 12.4. The van der Waals surface area contributed by atoms with Crippen LogP contribution >= 0.6 is 0 Å². The van der Waals surface area contributed by atoms with Crippen LogP contribution in [0.15, 0.2) is 352 Å². The molecule has 0 N–H and O–H groups in total. The molecular weight excluding hydrogens is 1150 g/mol. The monoisotopic (exact) mass is 1210 g/mol. The van der Waals surface area contributed by atoms with Crippen LogP contribution in [-0.2, 0) is 5.41 Å². The van der Waals surface area contributed by atoms with Gasteiger partial charge in [-0.2, -0.15) is 0 Å². The van der Waals surface area contributed by atoms with Gasteiger partial charge in [-0.3, -0.25) is 0 Å². The summed E-state index contributed by atoms with van der Waals surface area (Å²) < 4.78 is 2.38. The van der Waals surface area contributed by atoms with Crippen molar-refractivity contribution >= 4 is 71.2 Å². The molecule has 2 nitrogen and oxygen atoms in total. The van der Waals surface area contributed by atoms with Crippen LogP contribution in [-0.4, -0.2) is 4.57 Å². The van der Waals surface area contributed by atoms with E-state index in [2.05, 4.69) is 375 Å². The van der Waals surface area contributed by atoms with Gasteiger partial charge in [0.05, 0.1) is 11.0 Å². The minimum atomic E-state index is -0.322. The fourth-order valence-corrected chi connectivity index (χ4v) is 15.5. The zero-order valence-electron chi connectivity index (χ0n) is 52.9. The molecule has 0 bridgehead atoms. The fourth-order valence-electron chi connectivity index (χ4n) is 15.5. The molecule has 16 aromatic carbocycles. The number of fused-ring (bicyclic) bond motifs is 9. The first-order chi connectivity index (χ1) is 46.9. The number of aromatic nitrogens is 1. The zero-order valence-corrected chi connectivity index (χ0v) is 52.9. The Bertz CT molecular complexity index is 5740. The number of nitrogens with zero attached hydrogens (tertiary/aromatic N) is 2. The van der Waals surface area contributed by atoms with Gasteiger partial charge in [-0.25, -0.2) is 0 Å². The Kier molecular flexibility index (Phi) is 13.3. The molecule has 95 heavy (non-hydrogen) atoms. The van der Waals surface area contributed by atoms with Gasteiger partial charge in [0.15, 0.2) is 0 Å². The van der Waals surface area contributed by atoms with Crippen molar-refractivity contribution in [3.63, 3.8) is 0 Å². The van der Waals surface area contributed by atoms with Gasteiger partial charge in [0.1, 0.15) is 0 Å². The minimum absolute atomic E-state index is 0.322. The van der Waals surface area contributed by atoms with Crippen molar-refractivity contribution in [2.75, 3.05) is 4.90 Å². The first kappa shape index (κ1) is 55.7. The summed E-state index contributed by atoms with van der Waals surface area (Å²) in [6.45, 7) is 4.83. The van der Waals surface area contributed by atoms with E-state index in [1.54, 1.807) is 0 Å². The maximum atomic E-state index is 2.48. The van der Waals surface area contributed by atoms with E-state index in [1.807, 2.05) is 0 Å². The van der Waals surface area contributed by atoms with Gasteiger partial charge in [-0.1, -0.05) is 275 Å². The van der Waals surface area contributed by atoms with E-state index < -0.39 is 0 Å². The molecule has 0 atom stereocenters. The molecule has 0 saturated heterocycles. The van der Waals surface area contributed by atoms with Crippen LogP contribution in [0.3, 0.4) is 0 Å². The molecule has 2 heteroatoms. The summed E-state index contributed by atoms with van der Waals surface area (Å²) in [5, 5.41) is 9.91. The molecule has 0 spiro atoms. The van der Waals surface area contributed by atoms with Crippen LogP contribution in [0, 0.1) is 0 Å². The fraction of sp³-hybridized carbons (Fsp3) is 0.0323. The Balaban J connectivity index is 0.742. The van der Waals surface area contributed by atoms with Gasteiger partial charge in [0, 0.05) is 38.9 Å². The Hall–Kier alpha value is -12.1. The first-order valence-electron chi connectivity index (χ1n) is 33.0. The standard InChI is InChI=1S/C93H64N2/c1-93(2)88-59-68(70-55-69(62-23-8-4-9-24-62)56-71(57-70)78-52-53-86(80-35-19-28-66-26-13-15-32-77(66)80)92-84(78)36-20-37-85(92)79-34-18-27-65-25-12-14-31-76(65)79)43-50-81(88)82-51-49-75(60-89(82)93)94(73-45-39-63(40-46-73)61-21-6-3-7-22-61)74-47-41-64(42-48-74)67-44-54-91-87(58-67)83-33-16-17-38-90(83)95(91)72-29-10-5-11-30-72/h3-60H,1-2H3. The maximum absolute atomic E-state index is 2.48. The largest absolute Gasteiger partial charge is 0.310 e. The first-order valence-corrected chi connectivity index (χ1v) is 33.0. The summed E-state index contributed by atoms with van der Waals surface area (Å²) in [5.74, 6) is 0. The highest BCUT2D eigenvalue weighted by atomic mass is 15.1. The zero-order chi connectivity index (χ0) is 63.1. The predicted octanol–water partition coefficient (Wildman–Crippen LogP) is 25.7. The number of rotatable bonds is 11. The van der Waals surface area contributed by atoms with E-state index in [-0.39, 0.29) is 5.41 Å². The third-order valence-electron chi connectivity index (χ3n) is 20.2. The van der Waals surface area contributed by atoms with Gasteiger partial charge in [0.2, 0.25) is 0 Å². The molecular formula is C93H64N2. The molecule has 0 saturated carbocycles. The lowest BCUT2D eigenvalue weighted by molar-refractivity contribution is 0.660. The molecule has 0 fully saturated rings. The smallest absolute Gasteiger partial charge is 0.0541 e. The van der Waals surface area contributed by atoms with Crippen LogP contribution < -0.4 is 4.90 Å². The molecule has 0 unspecified atom stereocenters. The Labute approximate surface area is 554 Å². The van der Waals surface area contributed by atoms with Crippen LogP contribution in [0.1, 0.15) is 25.0 Å². The number of benzene rings is 16. The quantitative estimate of drug-likeness (QED) is 0.125. The number of hydrogen-bond donors (Lipinski definition) is 0. The molecule has 1 aliphatic carbocycles. The van der Waals surface area contributed by atoms with Crippen molar-refractivity contribution in [3.05, 3.63) is 363 Å². The molecule has 0 aliphatic heterocycles. The highest BCUT2D eigenvalue weighted by Gasteiger charge is 2.37. The van der Waals surface area contributed by atoms with Crippen LogP contribution in [0.25, 0.3) is 149 Å². The van der Waals surface area contributed by atoms with E-state index in [1.165, 1.54) is 154 Å². The van der Waals surface area contributed by atoms with Gasteiger partial charge in [0.25, 0.3) is 0 Å². The molecule has 18 rings (SSSR count). The molecule has 1 aliphatic rings. The summed E-state index contributed by atoms with van der Waals surface area (Å²) in [5.41, 5.74) is 28.5. The molecule has 0 radical (unpaired) electrons. The van der Waals surface area contributed by atoms with Crippen molar-refractivity contribution in [1.82, 2.24) is 4.57 Å². The Morgan fingerprint density at radius 1 is 0.232 bits per heavy atom. The van der Waals surface area contributed by atoms with Crippen molar-refractivity contribution in [2.45, 2.75) is 19.3 Å². The maximum Gasteiger partial charge on any atom is 0.0541 e. The lowest BCUT2D eigenvalue weighted by Crippen LogP contribution is -2.16. The van der Waals surface area contributed by atoms with Crippen molar-refractivity contribution in [3.8, 4) is 94.7 Å². The van der Waals surface area contributed by atoms with E-state index >= 15 is 0 Å². The predicted molar refractivity (Wildman–Crippen MR) is 404 cm³/mol. The summed E-state index contributed by atoms with van der Waals surface area (Å²) in [4.78, 5) is 2.43. The number of para-hydroxylation sites is 2. The molecule has 446 valence electrons. The molecule has 0 amide bonds. The summed E-state index contributed by atoms with van der Waals surface area (Å²) in [6, 6.07) is 131. The van der Waals surface area contributed by atoms with Crippen molar-refractivity contribution in [2.24, 2.45) is 0 Å². The Morgan fingerprint density at radius 2 is 0.642 bits per heavy atom. The molecule has 1 heterocycles. The molecule has 17 aromatic rings. The minimum Gasteiger partial charge on any atom is -0.310 e. The third kappa shape index (κ3) is 9.48. The van der Waals surface area contributed by atoms with Crippen LogP contribution in [0.2, 0.25) is 0 Å². The topological polar surface area (TPSA) is 8.17 Å². The lowest BCUT2D eigenvalue weighted by atomic mass is 9.81. The second-order valence-corrected chi connectivity index (χ2v) is 25.9. The molecule has 1 aromatic heterocycles. The van der Waals surface area contributed by atoms with Crippen molar-refractivity contribution in [1.29, 1.82) is 0 Å². The third-order valence-corrected chi connectivity index (χ3v) is 20.2. The average Bonchev–Trinajstić information content (AvgIpc) is 1.72. The summed E-state index contributed by atoms with van der Waals surface area (Å²) >= 11 is 0. The van der Waals surface area contributed by atoms with E-state index in [0.29, 0.717) is 0 Å². The second kappa shape index (κ2) is 22.6. The second-order valence-electron chi connectivity index (χ2n) is 25.9. The van der Waals surface area contributed by atoms with E-state index in [0.717, 1.165) is 22.7 Å². The van der Waals surface area contributed by atoms with Crippen LogP contribution in [0.4, 0.5) is 17.1 Å². The van der Waals surface area contributed by atoms with Gasteiger partial charge >= 0.3 is 0 Å². The summed E-state index contributed by atoms with van der Waals surface area (Å²) in [7, 11) is 0. The lowest BCUT2D eigenvalue weighted by Gasteiger charge is -2.28. The summed E-state index contributed by atoms with van der Waals surface area (Å²) in [6.07, 6.45) is 0. The number of anilines is 3. The average molecular weight is 1210 g/mol. The van der Waals surface area contributed by atoms with Gasteiger partial charge in [-0.15, -0.1) is 0 Å². The van der Waals surface area contributed by atoms with Gasteiger partial charge < -0.3 is 9.47 Å².